The Hall–Kier alpha value is -1.95. The molecule has 100 valence electrons. The van der Waals surface area contributed by atoms with Gasteiger partial charge in [0.2, 0.25) is 0 Å². The number of aromatic nitrogens is 2. The minimum absolute atomic E-state index is 0.0838. The van der Waals surface area contributed by atoms with Gasteiger partial charge < -0.3 is 10.6 Å². The number of amides is 1. The average Bonchev–Trinajstić information content (AvgIpc) is 2.81. The van der Waals surface area contributed by atoms with Crippen molar-refractivity contribution in [3.05, 3.63) is 41.3 Å². The third kappa shape index (κ3) is 3.29. The molecule has 0 spiro atoms. The fourth-order valence-corrected chi connectivity index (χ4v) is 2.51. The smallest absolute Gasteiger partial charge is 0.256 e. The highest BCUT2D eigenvalue weighted by atomic mass is 32.1. The van der Waals surface area contributed by atoms with Gasteiger partial charge in [-0.2, -0.15) is 4.37 Å². The van der Waals surface area contributed by atoms with Gasteiger partial charge in [-0.3, -0.25) is 9.78 Å². The van der Waals surface area contributed by atoms with Crippen molar-refractivity contribution >= 4 is 22.4 Å². The molecule has 0 saturated carbocycles. The van der Waals surface area contributed by atoms with Crippen molar-refractivity contribution < 1.29 is 4.79 Å². The highest BCUT2D eigenvalue weighted by molar-refractivity contribution is 7.10. The maximum Gasteiger partial charge on any atom is 0.256 e. The number of hydrogen-bond donors (Lipinski definition) is 2. The second-order valence-corrected chi connectivity index (χ2v) is 4.86. The molecule has 5 nitrogen and oxygen atoms in total. The largest absolute Gasteiger partial charge is 0.378 e. The van der Waals surface area contributed by atoms with Crippen molar-refractivity contribution in [3.8, 4) is 0 Å². The van der Waals surface area contributed by atoms with Crippen LogP contribution in [0, 0.1) is 6.92 Å². The summed E-state index contributed by atoms with van der Waals surface area (Å²) in [6, 6.07) is 3.89. The number of carbonyl (C=O) groups excluding carboxylic acids is 1. The number of rotatable bonds is 5. The van der Waals surface area contributed by atoms with Crippen molar-refractivity contribution in [1.82, 2.24) is 14.7 Å². The molecular formula is C13H16N4OS. The Morgan fingerprint density at radius 2 is 2.32 bits per heavy atom. The van der Waals surface area contributed by atoms with Crippen LogP contribution in [-0.2, 0) is 6.42 Å². The van der Waals surface area contributed by atoms with Gasteiger partial charge in [0.05, 0.1) is 11.3 Å². The van der Waals surface area contributed by atoms with Crippen LogP contribution in [0.25, 0.3) is 0 Å². The topological polar surface area (TPSA) is 66.9 Å². The predicted molar refractivity (Wildman–Crippen MR) is 76.7 cm³/mol. The van der Waals surface area contributed by atoms with Crippen LogP contribution < -0.4 is 10.6 Å². The molecule has 0 aromatic carbocycles. The number of anilines is 1. The highest BCUT2D eigenvalue weighted by Gasteiger charge is 2.16. The average molecular weight is 276 g/mol. The lowest BCUT2D eigenvalue weighted by molar-refractivity contribution is 0.0954. The first kappa shape index (κ1) is 13.5. The summed E-state index contributed by atoms with van der Waals surface area (Å²) in [6.45, 7) is 2.43. The molecule has 1 amide bonds. The molecule has 0 saturated heterocycles. The zero-order valence-corrected chi connectivity index (χ0v) is 11.8. The molecule has 2 aromatic rings. The van der Waals surface area contributed by atoms with E-state index in [1.807, 2.05) is 25.3 Å². The third-order valence-corrected chi connectivity index (χ3v) is 3.69. The molecule has 2 heterocycles. The van der Waals surface area contributed by atoms with Crippen molar-refractivity contribution in [1.29, 1.82) is 0 Å². The first-order chi connectivity index (χ1) is 9.22. The molecule has 0 aliphatic heterocycles. The van der Waals surface area contributed by atoms with Gasteiger partial charge in [-0.15, -0.1) is 0 Å². The molecule has 0 atom stereocenters. The summed E-state index contributed by atoms with van der Waals surface area (Å²) in [5, 5.41) is 6.70. The maximum atomic E-state index is 12.1. The van der Waals surface area contributed by atoms with E-state index < -0.39 is 0 Å². The van der Waals surface area contributed by atoms with E-state index in [1.54, 1.807) is 13.2 Å². The number of hydrogen-bond acceptors (Lipinski definition) is 5. The van der Waals surface area contributed by atoms with E-state index in [9.17, 15) is 4.79 Å². The van der Waals surface area contributed by atoms with E-state index in [0.29, 0.717) is 12.1 Å². The van der Waals surface area contributed by atoms with Crippen LogP contribution >= 0.6 is 11.5 Å². The zero-order valence-electron chi connectivity index (χ0n) is 10.9. The number of carbonyl (C=O) groups is 1. The van der Waals surface area contributed by atoms with Gasteiger partial charge >= 0.3 is 0 Å². The molecule has 19 heavy (non-hydrogen) atoms. The first-order valence-corrected chi connectivity index (χ1v) is 6.81. The van der Waals surface area contributed by atoms with Crippen LogP contribution in [0.5, 0.6) is 0 Å². The molecule has 2 rings (SSSR count). The van der Waals surface area contributed by atoms with E-state index in [1.165, 1.54) is 11.5 Å². The summed E-state index contributed by atoms with van der Waals surface area (Å²) >= 11 is 1.30. The lowest BCUT2D eigenvalue weighted by Crippen LogP contribution is -2.26. The Morgan fingerprint density at radius 1 is 1.47 bits per heavy atom. The Balaban J connectivity index is 1.93. The van der Waals surface area contributed by atoms with Gasteiger partial charge in [0.1, 0.15) is 5.00 Å². The second kappa shape index (κ2) is 6.29. The van der Waals surface area contributed by atoms with Crippen LogP contribution in [0.4, 0.5) is 5.00 Å². The third-order valence-electron chi connectivity index (χ3n) is 2.74. The molecule has 0 aliphatic rings. The summed E-state index contributed by atoms with van der Waals surface area (Å²) in [5.74, 6) is -0.0838. The molecule has 0 bridgehead atoms. The van der Waals surface area contributed by atoms with Gasteiger partial charge in [0.15, 0.2) is 0 Å². The molecule has 0 unspecified atom stereocenters. The summed E-state index contributed by atoms with van der Waals surface area (Å²) in [4.78, 5) is 16.1. The SMILES string of the molecule is CNc1snc(C)c1C(=O)NCCc1cccnc1. The Bertz CT molecular complexity index is 553. The van der Waals surface area contributed by atoms with Crippen LogP contribution in [-0.4, -0.2) is 28.9 Å². The minimum Gasteiger partial charge on any atom is -0.378 e. The first-order valence-electron chi connectivity index (χ1n) is 6.03. The van der Waals surface area contributed by atoms with Gasteiger partial charge in [-0.05, 0) is 36.5 Å². The van der Waals surface area contributed by atoms with Gasteiger partial charge in [0.25, 0.3) is 5.91 Å². The monoisotopic (exact) mass is 276 g/mol. The Kier molecular flexibility index (Phi) is 4.46. The molecule has 0 aliphatic carbocycles. The van der Waals surface area contributed by atoms with E-state index in [-0.39, 0.29) is 5.91 Å². The van der Waals surface area contributed by atoms with E-state index in [4.69, 9.17) is 0 Å². The van der Waals surface area contributed by atoms with Crippen molar-refractivity contribution in [2.24, 2.45) is 0 Å². The van der Waals surface area contributed by atoms with Gasteiger partial charge in [-0.25, -0.2) is 0 Å². The second-order valence-electron chi connectivity index (χ2n) is 4.09. The fourth-order valence-electron chi connectivity index (χ4n) is 1.76. The quantitative estimate of drug-likeness (QED) is 0.874. The van der Waals surface area contributed by atoms with Crippen molar-refractivity contribution in [3.63, 3.8) is 0 Å². The minimum atomic E-state index is -0.0838. The molecule has 0 fully saturated rings. The van der Waals surface area contributed by atoms with E-state index in [0.717, 1.165) is 22.7 Å². The van der Waals surface area contributed by atoms with Crippen LogP contribution in [0.2, 0.25) is 0 Å². The molecular weight excluding hydrogens is 260 g/mol. The normalized spacial score (nSPS) is 10.2. The predicted octanol–water partition coefficient (Wildman–Crippen LogP) is 1.86. The summed E-state index contributed by atoms with van der Waals surface area (Å²) < 4.78 is 4.18. The summed E-state index contributed by atoms with van der Waals surface area (Å²) in [5.41, 5.74) is 2.50. The standard InChI is InChI=1S/C13H16N4OS/c1-9-11(13(14-2)19-17-9)12(18)16-7-5-10-4-3-6-15-8-10/h3-4,6,8,14H,5,7H2,1-2H3,(H,16,18). The lowest BCUT2D eigenvalue weighted by atomic mass is 10.2. The van der Waals surface area contributed by atoms with Crippen molar-refractivity contribution in [2.45, 2.75) is 13.3 Å². The van der Waals surface area contributed by atoms with E-state index in [2.05, 4.69) is 20.0 Å². The van der Waals surface area contributed by atoms with Crippen LogP contribution in [0.1, 0.15) is 21.6 Å². The maximum absolute atomic E-state index is 12.1. The van der Waals surface area contributed by atoms with Gasteiger partial charge in [0, 0.05) is 26.0 Å². The molecule has 6 heteroatoms. The number of pyridine rings is 1. The van der Waals surface area contributed by atoms with Crippen molar-refractivity contribution in [2.75, 3.05) is 18.9 Å². The van der Waals surface area contributed by atoms with Crippen LogP contribution in [0.3, 0.4) is 0 Å². The molecule has 2 aromatic heterocycles. The van der Waals surface area contributed by atoms with Gasteiger partial charge in [-0.1, -0.05) is 6.07 Å². The molecule has 2 N–H and O–H groups in total. The Morgan fingerprint density at radius 3 is 3.00 bits per heavy atom. The molecule has 0 radical (unpaired) electrons. The van der Waals surface area contributed by atoms with Crippen LogP contribution in [0.15, 0.2) is 24.5 Å². The number of aryl methyl sites for hydroxylation is 1. The summed E-state index contributed by atoms with van der Waals surface area (Å²) in [7, 11) is 1.79. The lowest BCUT2D eigenvalue weighted by Gasteiger charge is -2.06. The zero-order chi connectivity index (χ0) is 13.7. The number of nitrogens with zero attached hydrogens (tertiary/aromatic N) is 2. The number of nitrogens with one attached hydrogen (secondary N) is 2. The fraction of sp³-hybridized carbons (Fsp3) is 0.308. The Labute approximate surface area is 116 Å². The van der Waals surface area contributed by atoms with E-state index >= 15 is 0 Å². The highest BCUT2D eigenvalue weighted by Crippen LogP contribution is 2.23. The summed E-state index contributed by atoms with van der Waals surface area (Å²) in [6.07, 6.45) is 4.31.